The molecule has 0 spiro atoms. The fraction of sp³-hybridized carbons (Fsp3) is 0.854. The van der Waals surface area contributed by atoms with Crippen molar-refractivity contribution in [2.75, 3.05) is 46.3 Å². The highest BCUT2D eigenvalue weighted by atomic mass is 79.9. The van der Waals surface area contributed by atoms with Crippen LogP contribution in [0.25, 0.3) is 0 Å². The van der Waals surface area contributed by atoms with Crippen molar-refractivity contribution in [3.05, 3.63) is 29.8 Å². The largest absolute Gasteiger partial charge is 0.494 e. The van der Waals surface area contributed by atoms with E-state index in [1.807, 2.05) is 28.1 Å². The summed E-state index contributed by atoms with van der Waals surface area (Å²) in [5.41, 5.74) is 0.976. The number of halogens is 1. The number of aliphatic hydroxyl groups excluding tert-OH is 1. The van der Waals surface area contributed by atoms with Crippen LogP contribution in [0.3, 0.4) is 0 Å². The smallest absolute Gasteiger partial charge is 0.303 e. The van der Waals surface area contributed by atoms with Crippen molar-refractivity contribution in [2.45, 2.75) is 394 Å². The quantitative estimate of drug-likeness (QED) is 0.0523. The number of carbonyl (C=O) groups is 9. The highest BCUT2D eigenvalue weighted by molar-refractivity contribution is 9.09. The van der Waals surface area contributed by atoms with Crippen LogP contribution in [0, 0.1) is 114 Å². The Hall–Kier alpha value is -4.57. The number of alkyl halides is 1. The molecule has 124 heavy (non-hydrogen) atoms. The molecule has 15 aliphatic rings. The molecule has 0 aromatic heterocycles. The Morgan fingerprint density at radius 3 is 1.49 bits per heavy atom. The minimum Gasteiger partial charge on any atom is -0.494 e. The molecule has 3 aliphatic heterocycles. The van der Waals surface area contributed by atoms with Crippen LogP contribution >= 0.6 is 15.9 Å². The van der Waals surface area contributed by atoms with Crippen LogP contribution in [0.5, 0.6) is 5.75 Å². The number of amides is 3. The third-order valence-corrected chi connectivity index (χ3v) is 44.7. The minimum atomic E-state index is -1.76. The average Bonchev–Trinajstić information content (AvgIpc) is 1.36. The standard InChI is InChI=1S/C34H52N2O3.C26H47NO3Si.C23H34O7.C20H30BrNO2/c1-6-24(7-2)35-29(8-3)23-10-9-11-25(22-23)39-21-20-34-19-16-27-26(28(34)13-15-31(34)37)12-14-30-33(27,4)18-17-32(38)36(30)5;1-24(2,3)31(6,7)30-17-16-26-15-12-19-18(20(26)9-11-22(26)28)8-10-21-25(19,4)14-13-23(29)27(21)5;1-14(24)29-13-12-23-11-8-17-16(18(23)5-7-20(23)30-15(2)25)4-6-19(26)22(17,3)10-9-21(27)28;1-19-9-8-18(24)22(2)16(19)5-3-13-14(19)7-10-20(11-12-21)15(13)4-6-17(20)23/h9-11,22,24,26-30,35H,6-8,12-21H2,1-5H3;18-22,28H,8-17H2,1-7H3;16-18,20H,4-13H2,1-3H3,(H,27,28);13-16H,3-12H2,1-2H3/t26?,27?,28?,29?,30?,33-,34-;18?,19?,20?,21?,22-,25+,26+;16?,17?,18?,20-,22+,23+;13?,14?,15?,16?,19-,20-/m1001/s1. The average molecular weight is 1810 g/mol. The van der Waals surface area contributed by atoms with Gasteiger partial charge >= 0.3 is 17.9 Å². The van der Waals surface area contributed by atoms with E-state index in [0.717, 1.165) is 191 Å². The van der Waals surface area contributed by atoms with Gasteiger partial charge in [0.05, 0.1) is 19.3 Å². The number of Topliss-reactive ketones (excluding diaryl/α,β-unsaturated/α-hetero) is 3. The van der Waals surface area contributed by atoms with Gasteiger partial charge in [-0.15, -0.1) is 0 Å². The number of likely N-dealkylation sites (tertiary alicyclic amines) is 3. The van der Waals surface area contributed by atoms with Gasteiger partial charge in [0.2, 0.25) is 17.7 Å². The molecule has 16 unspecified atom stereocenters. The summed E-state index contributed by atoms with van der Waals surface area (Å²) in [6.45, 7) is 32.2. The summed E-state index contributed by atoms with van der Waals surface area (Å²) in [5.74, 6) is 8.15. The number of rotatable bonds is 23. The first-order valence-corrected chi connectivity index (χ1v) is 53.9. The zero-order chi connectivity index (χ0) is 89.8. The molecule has 0 radical (unpaired) electrons. The zero-order valence-corrected chi connectivity index (χ0v) is 82.2. The number of fused-ring (bicyclic) bond motifs is 18. The molecule has 1 aromatic carbocycles. The van der Waals surface area contributed by atoms with E-state index in [1.165, 1.54) is 51.5 Å². The van der Waals surface area contributed by atoms with Crippen molar-refractivity contribution in [3.63, 3.8) is 0 Å². The number of carboxylic acid groups (broad SMARTS) is 1. The summed E-state index contributed by atoms with van der Waals surface area (Å²) in [7, 11) is 4.31. The van der Waals surface area contributed by atoms with E-state index in [9.17, 15) is 53.4 Å². The fourth-order valence-corrected chi connectivity index (χ4v) is 33.8. The maximum atomic E-state index is 13.5. The number of hydrogen-bond acceptors (Lipinski definition) is 15. The number of aliphatic carboxylic acids is 1. The van der Waals surface area contributed by atoms with Crippen molar-refractivity contribution in [1.82, 2.24) is 20.0 Å². The van der Waals surface area contributed by atoms with Crippen molar-refractivity contribution in [2.24, 2.45) is 114 Å². The normalized spacial score (nSPS) is 40.3. The molecular weight excluding hydrogens is 1640 g/mol. The number of hydrogen-bond donors (Lipinski definition) is 3. The number of carbonyl (C=O) groups excluding carboxylic acids is 8. The van der Waals surface area contributed by atoms with E-state index in [4.69, 9.17) is 18.6 Å². The maximum absolute atomic E-state index is 13.5. The fourth-order valence-electron chi connectivity index (χ4n) is 32.1. The molecule has 16 rings (SSSR count). The summed E-state index contributed by atoms with van der Waals surface area (Å²) in [4.78, 5) is 117. The molecule has 3 amide bonds. The molecule has 696 valence electrons. The van der Waals surface area contributed by atoms with Gasteiger partial charge in [-0.1, -0.05) is 97.3 Å². The minimum absolute atomic E-state index is 0.00376. The molecule has 3 heterocycles. The number of nitrogens with zero attached hydrogens (tertiary/aromatic N) is 3. The van der Waals surface area contributed by atoms with Crippen LogP contribution < -0.4 is 10.1 Å². The second-order valence-electron chi connectivity index (χ2n) is 45.4. The van der Waals surface area contributed by atoms with Crippen LogP contribution in [0.1, 0.15) is 345 Å². The topological polar surface area (TPSA) is 253 Å². The third kappa shape index (κ3) is 17.9. The predicted octanol–water partition coefficient (Wildman–Crippen LogP) is 20.4. The van der Waals surface area contributed by atoms with E-state index >= 15 is 0 Å². The Morgan fingerprint density at radius 1 is 0.516 bits per heavy atom. The van der Waals surface area contributed by atoms with Crippen LogP contribution in [0.2, 0.25) is 18.1 Å². The number of nitrogens with one attached hydrogen (secondary N) is 1. The Balaban J connectivity index is 0.000000144. The number of benzene rings is 1. The van der Waals surface area contributed by atoms with Gasteiger partial charge in [0.1, 0.15) is 29.2 Å². The maximum Gasteiger partial charge on any atom is 0.303 e. The van der Waals surface area contributed by atoms with Gasteiger partial charge in [0.25, 0.3) is 0 Å². The number of aliphatic hydroxyl groups is 1. The second-order valence-corrected chi connectivity index (χ2v) is 51.0. The molecule has 3 saturated heterocycles. The molecule has 1 aromatic rings. The second kappa shape index (κ2) is 38.3. The van der Waals surface area contributed by atoms with Crippen molar-refractivity contribution in [1.29, 1.82) is 0 Å². The highest BCUT2D eigenvalue weighted by Crippen LogP contribution is 2.71. The molecular formula is C103H163BrN4O15Si. The lowest BCUT2D eigenvalue weighted by atomic mass is 9.46. The molecule has 3 N–H and O–H groups in total. The van der Waals surface area contributed by atoms with Gasteiger partial charge in [0.15, 0.2) is 8.32 Å². The number of carboxylic acids is 1. The lowest BCUT2D eigenvalue weighted by Gasteiger charge is -2.62. The lowest BCUT2D eigenvalue weighted by Crippen LogP contribution is -2.61. The van der Waals surface area contributed by atoms with Gasteiger partial charge < -0.3 is 48.9 Å². The Morgan fingerprint density at radius 2 is 0.992 bits per heavy atom. The first-order valence-electron chi connectivity index (χ1n) is 49.9. The molecule has 12 aliphatic carbocycles. The van der Waals surface area contributed by atoms with Crippen molar-refractivity contribution in [3.8, 4) is 5.75 Å². The lowest BCUT2D eigenvalue weighted by molar-refractivity contribution is -0.167. The van der Waals surface area contributed by atoms with Crippen molar-refractivity contribution >= 4 is 77.2 Å². The van der Waals surface area contributed by atoms with E-state index in [0.29, 0.717) is 170 Å². The number of ether oxygens (including phenoxy) is 3. The Bertz CT molecular complexity index is 4020. The number of esters is 2. The van der Waals surface area contributed by atoms with Gasteiger partial charge in [-0.2, -0.15) is 0 Å². The summed E-state index contributed by atoms with van der Waals surface area (Å²) in [5, 5.41) is 25.4. The first kappa shape index (κ1) is 97.0. The molecule has 12 saturated carbocycles. The molecule has 15 fully saturated rings. The number of ketones is 3. The Kier molecular flexibility index (Phi) is 30.0. The summed E-state index contributed by atoms with van der Waals surface area (Å²) in [6, 6.07) is 10.7. The van der Waals surface area contributed by atoms with Crippen LogP contribution in [-0.2, 0) is 57.1 Å². The highest BCUT2D eigenvalue weighted by Gasteiger charge is 2.68. The summed E-state index contributed by atoms with van der Waals surface area (Å²) >= 11 is 3.62. The summed E-state index contributed by atoms with van der Waals surface area (Å²) < 4.78 is 24.0. The van der Waals surface area contributed by atoms with Gasteiger partial charge in [-0.05, 0) is 329 Å². The molecule has 0 bridgehead atoms. The van der Waals surface area contributed by atoms with Gasteiger partial charge in [-0.25, -0.2) is 0 Å². The Labute approximate surface area is 754 Å². The SMILES string of the molecule is CC(=O)OCC[C@]12CCC3C(CCC(=O)[C@]3(C)CCC(=O)O)C1CC[C@@H]2OC(C)=O.CCC(CC)NC(CC)c1cccc(OCC[C@]23CCC4C(CCC5N(C)C(=O)CC[C@]45C)C2CCC3=O)c1.CN1C(=O)CC[C@]2(C)C3CC[C@@]4(CCO[Si](C)(C)C(C)(C)C)C(CC[C@@H]4O)C3CCC12.CN1C(=O)CC[C@]2(C)C3CC[C@]4(CCBr)C(=O)CCC4C3CCC12. The van der Waals surface area contributed by atoms with E-state index in [1.54, 1.807) is 0 Å². The van der Waals surface area contributed by atoms with Crippen LogP contribution in [-0.4, -0.2) is 169 Å². The predicted molar refractivity (Wildman–Crippen MR) is 490 cm³/mol. The molecule has 21 heteroatoms. The molecule has 26 atom stereocenters. The van der Waals surface area contributed by atoms with E-state index < -0.39 is 19.7 Å². The first-order chi connectivity index (χ1) is 58.6. The van der Waals surface area contributed by atoms with E-state index in [2.05, 4.69) is 136 Å². The van der Waals surface area contributed by atoms with Crippen molar-refractivity contribution < 1.29 is 72.0 Å². The molecule has 19 nitrogen and oxygen atoms in total. The third-order valence-electron chi connectivity index (χ3n) is 39.8. The zero-order valence-electron chi connectivity index (χ0n) is 79.6. The van der Waals surface area contributed by atoms with Gasteiger partial charge in [0, 0.05) is 149 Å². The monoisotopic (exact) mass is 1800 g/mol. The van der Waals surface area contributed by atoms with Gasteiger partial charge in [-0.3, -0.25) is 43.2 Å². The number of piperidine rings is 3. The van der Waals surface area contributed by atoms with E-state index in [-0.39, 0.29) is 91.1 Å². The van der Waals surface area contributed by atoms with Crippen LogP contribution in [0.15, 0.2) is 24.3 Å². The summed E-state index contributed by atoms with van der Waals surface area (Å²) in [6.07, 6.45) is 36.3. The van der Waals surface area contributed by atoms with Crippen LogP contribution in [0.4, 0.5) is 0 Å².